The maximum atomic E-state index is 12.8. The average molecular weight is 311 g/mol. The lowest BCUT2D eigenvalue weighted by atomic mass is 9.70. The van der Waals surface area contributed by atoms with Gasteiger partial charge in [-0.3, -0.25) is 9.59 Å². The number of amides is 1. The smallest absolute Gasteiger partial charge is 0.229 e. The van der Waals surface area contributed by atoms with E-state index in [1.165, 1.54) is 5.56 Å². The number of aryl methyl sites for hydroxylation is 1. The zero-order valence-electron chi connectivity index (χ0n) is 13.4. The number of fused-ring (bicyclic) bond motifs is 1. The first-order valence-corrected chi connectivity index (χ1v) is 8.04. The van der Waals surface area contributed by atoms with Gasteiger partial charge >= 0.3 is 0 Å². The summed E-state index contributed by atoms with van der Waals surface area (Å²) < 4.78 is 0. The van der Waals surface area contributed by atoms with E-state index in [-0.39, 0.29) is 17.1 Å². The fourth-order valence-corrected chi connectivity index (χ4v) is 3.74. The van der Waals surface area contributed by atoms with Gasteiger partial charge in [-0.15, -0.1) is 5.92 Å². The third-order valence-electron chi connectivity index (χ3n) is 5.12. The third-order valence-corrected chi connectivity index (χ3v) is 5.12. The molecule has 0 radical (unpaired) electrons. The molecule has 120 valence electrons. The third kappa shape index (κ3) is 2.77. The second-order valence-corrected chi connectivity index (χ2v) is 6.43. The number of nitrogens with zero attached hydrogens (tertiary/aromatic N) is 1. The van der Waals surface area contributed by atoms with E-state index in [0.717, 1.165) is 31.4 Å². The van der Waals surface area contributed by atoms with E-state index < -0.39 is 6.61 Å². The van der Waals surface area contributed by atoms with Crippen LogP contribution in [0.25, 0.3) is 0 Å². The molecule has 1 fully saturated rings. The first-order valence-electron chi connectivity index (χ1n) is 8.04. The number of hydrogen-bond acceptors (Lipinski definition) is 3. The second kappa shape index (κ2) is 6.17. The number of ketones is 1. The lowest BCUT2D eigenvalue weighted by Crippen LogP contribution is -2.38. The first-order chi connectivity index (χ1) is 11.1. The minimum absolute atomic E-state index is 0.199. The molecule has 1 aromatic carbocycles. The summed E-state index contributed by atoms with van der Waals surface area (Å²) in [6.45, 7) is 2.57. The monoisotopic (exact) mass is 311 g/mol. The highest BCUT2D eigenvalue weighted by Crippen LogP contribution is 2.43. The zero-order valence-corrected chi connectivity index (χ0v) is 13.4. The van der Waals surface area contributed by atoms with Crippen molar-refractivity contribution < 1.29 is 14.7 Å². The van der Waals surface area contributed by atoms with E-state index in [1.807, 2.05) is 17.0 Å². The van der Waals surface area contributed by atoms with E-state index >= 15 is 0 Å². The Morgan fingerprint density at radius 1 is 1.35 bits per heavy atom. The van der Waals surface area contributed by atoms with Gasteiger partial charge < -0.3 is 10.0 Å². The molecule has 1 amide bonds. The molecule has 4 heteroatoms. The summed E-state index contributed by atoms with van der Waals surface area (Å²) in [7, 11) is 0. The van der Waals surface area contributed by atoms with E-state index in [2.05, 4.69) is 11.8 Å². The summed E-state index contributed by atoms with van der Waals surface area (Å²) in [4.78, 5) is 26.4. The van der Waals surface area contributed by atoms with Gasteiger partial charge in [0.1, 0.15) is 6.61 Å². The molecule has 1 aromatic rings. The summed E-state index contributed by atoms with van der Waals surface area (Å²) in [6, 6.07) is 5.59. The van der Waals surface area contributed by atoms with Crippen LogP contribution in [-0.4, -0.2) is 41.4 Å². The predicted molar refractivity (Wildman–Crippen MR) is 87.0 cm³/mol. The van der Waals surface area contributed by atoms with Gasteiger partial charge in [0.15, 0.2) is 5.78 Å². The van der Waals surface area contributed by atoms with Crippen molar-refractivity contribution >= 4 is 11.7 Å². The molecule has 1 N–H and O–H groups in total. The van der Waals surface area contributed by atoms with Crippen molar-refractivity contribution in [1.29, 1.82) is 0 Å². The molecule has 3 rings (SSSR count). The number of carbonyl (C=O) groups is 2. The van der Waals surface area contributed by atoms with Crippen LogP contribution in [0.4, 0.5) is 0 Å². The molecule has 0 saturated carbocycles. The maximum absolute atomic E-state index is 12.8. The molecule has 1 aliphatic heterocycles. The van der Waals surface area contributed by atoms with Crippen molar-refractivity contribution in [1.82, 2.24) is 4.90 Å². The van der Waals surface area contributed by atoms with E-state index in [1.54, 1.807) is 13.0 Å². The van der Waals surface area contributed by atoms with Crippen LogP contribution in [0.15, 0.2) is 18.2 Å². The Balaban J connectivity index is 1.85. The largest absolute Gasteiger partial charge is 0.388 e. The molecule has 1 aliphatic carbocycles. The van der Waals surface area contributed by atoms with Gasteiger partial charge in [0.25, 0.3) is 0 Å². The van der Waals surface area contributed by atoms with Gasteiger partial charge in [0.2, 0.25) is 5.91 Å². The van der Waals surface area contributed by atoms with Crippen molar-refractivity contribution in [3.05, 3.63) is 34.9 Å². The van der Waals surface area contributed by atoms with E-state index in [4.69, 9.17) is 5.11 Å². The molecular weight excluding hydrogens is 290 g/mol. The van der Waals surface area contributed by atoms with Crippen LogP contribution in [0.5, 0.6) is 0 Å². The number of likely N-dealkylation sites (tertiary alicyclic amines) is 1. The minimum Gasteiger partial charge on any atom is -0.388 e. The Morgan fingerprint density at radius 2 is 2.17 bits per heavy atom. The van der Waals surface area contributed by atoms with E-state index in [0.29, 0.717) is 18.5 Å². The van der Waals surface area contributed by atoms with Crippen molar-refractivity contribution in [2.75, 3.05) is 19.7 Å². The molecular formula is C19H21NO3. The number of benzene rings is 1. The number of Topliss-reactive ketones (excluding diaryl/α,β-unsaturated/α-hetero) is 1. The Bertz CT molecular complexity index is 713. The van der Waals surface area contributed by atoms with Crippen molar-refractivity contribution in [2.24, 2.45) is 5.41 Å². The Hall–Kier alpha value is -2.12. The molecule has 2 aliphatic rings. The van der Waals surface area contributed by atoms with Gasteiger partial charge in [-0.25, -0.2) is 0 Å². The minimum atomic E-state index is -0.480. The molecule has 1 heterocycles. The number of rotatable bonds is 3. The summed E-state index contributed by atoms with van der Waals surface area (Å²) >= 11 is 0. The Morgan fingerprint density at radius 3 is 2.91 bits per heavy atom. The average Bonchev–Trinajstić information content (AvgIpc) is 2.87. The van der Waals surface area contributed by atoms with Gasteiger partial charge in [0, 0.05) is 12.1 Å². The SMILES string of the molecule is CC#CCN1CC[C@@]2(CCc3ccc(C(=O)CO)cc3C2)C1=O. The normalized spacial score (nSPS) is 22.7. The van der Waals surface area contributed by atoms with Crippen molar-refractivity contribution in [2.45, 2.75) is 32.6 Å². The van der Waals surface area contributed by atoms with Gasteiger partial charge in [0.05, 0.1) is 12.0 Å². The van der Waals surface area contributed by atoms with Crippen LogP contribution < -0.4 is 0 Å². The fraction of sp³-hybridized carbons (Fsp3) is 0.474. The van der Waals surface area contributed by atoms with Crippen LogP contribution in [0, 0.1) is 17.3 Å². The maximum Gasteiger partial charge on any atom is 0.229 e. The van der Waals surface area contributed by atoms with Crippen LogP contribution in [0.1, 0.15) is 41.3 Å². The standard InChI is InChI=1S/C19H21NO3/c1-2-3-9-20-10-8-19(18(20)23)7-6-14-4-5-15(17(22)13-21)11-16(14)12-19/h4-5,11,21H,6-10,12-13H2,1H3/t19-/m1/s1. The first kappa shape index (κ1) is 15.8. The molecule has 1 saturated heterocycles. The zero-order chi connectivity index (χ0) is 16.4. The Kier molecular flexibility index (Phi) is 4.23. The summed E-state index contributed by atoms with van der Waals surface area (Å²) in [5.74, 6) is 5.75. The molecule has 1 atom stereocenters. The number of aliphatic hydroxyl groups is 1. The van der Waals surface area contributed by atoms with Crippen LogP contribution in [0.2, 0.25) is 0 Å². The molecule has 0 bridgehead atoms. The lowest BCUT2D eigenvalue weighted by Gasteiger charge is -2.33. The van der Waals surface area contributed by atoms with Crippen LogP contribution in [0.3, 0.4) is 0 Å². The lowest BCUT2D eigenvalue weighted by molar-refractivity contribution is -0.136. The van der Waals surface area contributed by atoms with Gasteiger partial charge in [-0.2, -0.15) is 0 Å². The summed E-state index contributed by atoms with van der Waals surface area (Å²) in [5, 5.41) is 9.03. The van der Waals surface area contributed by atoms with Crippen LogP contribution >= 0.6 is 0 Å². The van der Waals surface area contributed by atoms with Gasteiger partial charge in [-0.05, 0) is 49.8 Å². The van der Waals surface area contributed by atoms with Gasteiger partial charge in [-0.1, -0.05) is 18.1 Å². The van der Waals surface area contributed by atoms with Crippen LogP contribution in [-0.2, 0) is 17.6 Å². The Labute approximate surface area is 136 Å². The highest BCUT2D eigenvalue weighted by Gasteiger charge is 2.47. The topological polar surface area (TPSA) is 57.6 Å². The highest BCUT2D eigenvalue weighted by atomic mass is 16.3. The van der Waals surface area contributed by atoms with E-state index in [9.17, 15) is 9.59 Å². The van der Waals surface area contributed by atoms with Crippen molar-refractivity contribution in [3.8, 4) is 11.8 Å². The fourth-order valence-electron chi connectivity index (χ4n) is 3.74. The number of carbonyl (C=O) groups excluding carboxylic acids is 2. The van der Waals surface area contributed by atoms with Crippen molar-refractivity contribution in [3.63, 3.8) is 0 Å². The summed E-state index contributed by atoms with van der Waals surface area (Å²) in [6.07, 6.45) is 3.27. The predicted octanol–water partition coefficient (Wildman–Crippen LogP) is 1.59. The molecule has 0 unspecified atom stereocenters. The molecule has 1 spiro atoms. The highest BCUT2D eigenvalue weighted by molar-refractivity contribution is 5.97. The quantitative estimate of drug-likeness (QED) is 0.681. The molecule has 4 nitrogen and oxygen atoms in total. The second-order valence-electron chi connectivity index (χ2n) is 6.43. The number of hydrogen-bond donors (Lipinski definition) is 1. The summed E-state index contributed by atoms with van der Waals surface area (Å²) in [5.41, 5.74) is 2.49. The molecule has 0 aromatic heterocycles. The molecule has 23 heavy (non-hydrogen) atoms. The number of aliphatic hydroxyl groups excluding tert-OH is 1.